The van der Waals surface area contributed by atoms with Crippen LogP contribution in [0.25, 0.3) is 12.2 Å². The van der Waals surface area contributed by atoms with E-state index in [4.69, 9.17) is 18.3 Å². The summed E-state index contributed by atoms with van der Waals surface area (Å²) < 4.78 is 24.4. The minimum absolute atomic E-state index is 0.336. The molecule has 0 bridgehead atoms. The topological polar surface area (TPSA) is 36.9 Å². The molecule has 4 rings (SSSR count). The SMILES string of the molecule is C[Si](C)(C)OCOC1=Cc2ccccc2C1C[SiH2]CC1C(OCO[Si](C)(C)C)=Cc2ccccc21. The minimum atomic E-state index is -1.61. The van der Waals surface area contributed by atoms with Crippen LogP contribution in [0.15, 0.2) is 60.0 Å². The molecule has 0 saturated heterocycles. The van der Waals surface area contributed by atoms with Crippen LogP contribution in [0.4, 0.5) is 0 Å². The van der Waals surface area contributed by atoms with E-state index in [0.717, 1.165) is 11.5 Å². The van der Waals surface area contributed by atoms with Gasteiger partial charge in [-0.3, -0.25) is 0 Å². The van der Waals surface area contributed by atoms with Crippen molar-refractivity contribution in [2.45, 2.75) is 63.2 Å². The van der Waals surface area contributed by atoms with Crippen molar-refractivity contribution in [1.82, 2.24) is 0 Å². The summed E-state index contributed by atoms with van der Waals surface area (Å²) in [6, 6.07) is 19.8. The Hall–Kier alpha value is -1.91. The molecule has 0 spiro atoms. The van der Waals surface area contributed by atoms with E-state index in [0.29, 0.717) is 25.4 Å². The van der Waals surface area contributed by atoms with Crippen molar-refractivity contribution in [1.29, 1.82) is 0 Å². The maximum Gasteiger partial charge on any atom is 0.188 e. The molecule has 0 fully saturated rings. The highest BCUT2D eigenvalue weighted by molar-refractivity contribution is 6.70. The van der Waals surface area contributed by atoms with Crippen molar-refractivity contribution < 1.29 is 18.3 Å². The van der Waals surface area contributed by atoms with Crippen molar-refractivity contribution in [3.63, 3.8) is 0 Å². The highest BCUT2D eigenvalue weighted by Crippen LogP contribution is 2.42. The molecule has 7 heteroatoms. The highest BCUT2D eigenvalue weighted by atomic mass is 28.4. The second kappa shape index (κ2) is 11.0. The van der Waals surface area contributed by atoms with E-state index < -0.39 is 26.2 Å². The zero-order valence-electron chi connectivity index (χ0n) is 22.1. The summed E-state index contributed by atoms with van der Waals surface area (Å²) in [6.07, 6.45) is 4.43. The predicted molar refractivity (Wildman–Crippen MR) is 153 cm³/mol. The molecular weight excluding hydrogens is 485 g/mol. The van der Waals surface area contributed by atoms with Gasteiger partial charge in [-0.2, -0.15) is 0 Å². The fraction of sp³-hybridized carbons (Fsp3) is 0.429. The van der Waals surface area contributed by atoms with Gasteiger partial charge in [0.2, 0.25) is 0 Å². The van der Waals surface area contributed by atoms with E-state index in [1.54, 1.807) is 0 Å². The highest BCUT2D eigenvalue weighted by Gasteiger charge is 2.30. The molecule has 2 aliphatic rings. The fourth-order valence-electron chi connectivity index (χ4n) is 4.69. The normalized spacial score (nSPS) is 19.5. The van der Waals surface area contributed by atoms with E-state index in [9.17, 15) is 0 Å². The Kier molecular flexibility index (Phi) is 8.23. The number of benzene rings is 2. The number of ether oxygens (including phenoxy) is 2. The Morgan fingerprint density at radius 1 is 0.629 bits per heavy atom. The first-order chi connectivity index (χ1) is 16.6. The molecule has 0 amide bonds. The molecule has 35 heavy (non-hydrogen) atoms. The first-order valence-corrected chi connectivity index (χ1v) is 21.6. The van der Waals surface area contributed by atoms with E-state index >= 15 is 0 Å². The van der Waals surface area contributed by atoms with Crippen LogP contribution in [0.3, 0.4) is 0 Å². The molecule has 0 heterocycles. The van der Waals surface area contributed by atoms with Crippen molar-refractivity contribution in [2.24, 2.45) is 0 Å². The van der Waals surface area contributed by atoms with Crippen LogP contribution in [0, 0.1) is 0 Å². The van der Waals surface area contributed by atoms with Gasteiger partial charge in [-0.05, 0) is 85.8 Å². The third-order valence-corrected chi connectivity index (χ3v) is 10.4. The summed E-state index contributed by atoms with van der Waals surface area (Å²) in [6.45, 7) is 13.9. The monoisotopic (exact) mass is 524 g/mol. The summed E-state index contributed by atoms with van der Waals surface area (Å²) in [7, 11) is -3.62. The average molecular weight is 525 g/mol. The summed E-state index contributed by atoms with van der Waals surface area (Å²) in [5.74, 6) is 2.81. The van der Waals surface area contributed by atoms with Gasteiger partial charge < -0.3 is 18.3 Å². The van der Waals surface area contributed by atoms with Gasteiger partial charge in [0.1, 0.15) is 11.5 Å². The number of allylic oxidation sites excluding steroid dienone is 2. The molecular formula is C28H40O4Si3. The molecule has 0 aliphatic heterocycles. The molecule has 2 unspecified atom stereocenters. The van der Waals surface area contributed by atoms with E-state index in [1.807, 2.05) is 0 Å². The van der Waals surface area contributed by atoms with Crippen molar-refractivity contribution in [2.75, 3.05) is 13.6 Å². The predicted octanol–water partition coefficient (Wildman–Crippen LogP) is 6.92. The van der Waals surface area contributed by atoms with Gasteiger partial charge >= 0.3 is 0 Å². The van der Waals surface area contributed by atoms with Crippen LogP contribution in [0.2, 0.25) is 51.4 Å². The lowest BCUT2D eigenvalue weighted by Crippen LogP contribution is -2.27. The smallest absolute Gasteiger partial charge is 0.188 e. The molecule has 0 aromatic heterocycles. The van der Waals surface area contributed by atoms with Gasteiger partial charge in [0, 0.05) is 21.4 Å². The Labute approximate surface area is 215 Å². The van der Waals surface area contributed by atoms with Crippen LogP contribution in [0.1, 0.15) is 34.1 Å². The third kappa shape index (κ3) is 7.07. The van der Waals surface area contributed by atoms with Crippen molar-refractivity contribution in [3.8, 4) is 0 Å². The van der Waals surface area contributed by atoms with Crippen LogP contribution in [-0.2, 0) is 18.3 Å². The fourth-order valence-corrected chi connectivity index (χ4v) is 7.76. The van der Waals surface area contributed by atoms with Gasteiger partial charge in [-0.25, -0.2) is 0 Å². The third-order valence-electron chi connectivity index (χ3n) is 6.45. The number of fused-ring (bicyclic) bond motifs is 2. The lowest BCUT2D eigenvalue weighted by molar-refractivity contribution is 0.0511. The van der Waals surface area contributed by atoms with Gasteiger partial charge in [0.25, 0.3) is 0 Å². The maximum absolute atomic E-state index is 6.21. The zero-order valence-corrected chi connectivity index (χ0v) is 25.5. The van der Waals surface area contributed by atoms with Gasteiger partial charge in [-0.15, -0.1) is 0 Å². The average Bonchev–Trinajstić information content (AvgIpc) is 3.30. The molecule has 4 nitrogen and oxygen atoms in total. The Balaban J connectivity index is 1.41. The zero-order chi connectivity index (χ0) is 25.1. The summed E-state index contributed by atoms with van der Waals surface area (Å²) in [5.41, 5.74) is 5.36. The first kappa shape index (κ1) is 26.2. The lowest BCUT2D eigenvalue weighted by Gasteiger charge is -2.23. The first-order valence-electron chi connectivity index (χ1n) is 12.8. The number of hydrogen-bond donors (Lipinski definition) is 0. The van der Waals surface area contributed by atoms with Gasteiger partial charge in [0.15, 0.2) is 30.2 Å². The Bertz CT molecular complexity index is 997. The van der Waals surface area contributed by atoms with E-state index in [-0.39, 0.29) is 0 Å². The summed E-state index contributed by atoms with van der Waals surface area (Å²) in [5, 5.41) is 0. The number of rotatable bonds is 12. The van der Waals surface area contributed by atoms with Crippen LogP contribution in [0.5, 0.6) is 0 Å². The molecule has 188 valence electrons. The summed E-state index contributed by atoms with van der Waals surface area (Å²) >= 11 is 0. The van der Waals surface area contributed by atoms with Gasteiger partial charge in [0.05, 0.1) is 0 Å². The van der Waals surface area contributed by atoms with Crippen LogP contribution < -0.4 is 0 Å². The largest absolute Gasteiger partial charge is 0.472 e. The van der Waals surface area contributed by atoms with Crippen molar-refractivity contribution >= 4 is 38.3 Å². The number of hydrogen-bond acceptors (Lipinski definition) is 4. The van der Waals surface area contributed by atoms with Crippen molar-refractivity contribution in [3.05, 3.63) is 82.3 Å². The van der Waals surface area contributed by atoms with E-state index in [2.05, 4.69) is 100.0 Å². The van der Waals surface area contributed by atoms with Crippen LogP contribution >= 0.6 is 0 Å². The minimum Gasteiger partial charge on any atom is -0.472 e. The quantitative estimate of drug-likeness (QED) is 0.223. The standard InChI is InChI=1S/C28H40O4Si3/c1-34(2,3)31-19-29-27-15-21-11-7-9-13-23(21)25(27)17-33-18-26-24-14-10-8-12-22(24)16-28(26)30-20-32-35(4,5)6/h7-16,25-26H,17-20,33H2,1-6H3. The molecule has 0 radical (unpaired) electrons. The molecule has 2 atom stereocenters. The molecule has 2 aliphatic carbocycles. The second-order valence-corrected chi connectivity index (χ2v) is 22.3. The Morgan fingerprint density at radius 2 is 1.03 bits per heavy atom. The Morgan fingerprint density at radius 3 is 1.43 bits per heavy atom. The van der Waals surface area contributed by atoms with Gasteiger partial charge in [-0.1, -0.05) is 48.5 Å². The van der Waals surface area contributed by atoms with E-state index in [1.165, 1.54) is 34.3 Å². The molecule has 2 aromatic carbocycles. The lowest BCUT2D eigenvalue weighted by atomic mass is 10.0. The summed E-state index contributed by atoms with van der Waals surface area (Å²) in [4.78, 5) is 0. The molecule has 2 aromatic rings. The molecule has 0 N–H and O–H groups in total. The van der Waals surface area contributed by atoms with Crippen LogP contribution in [-0.4, -0.2) is 39.7 Å². The molecule has 0 saturated carbocycles. The maximum atomic E-state index is 6.21. The second-order valence-electron chi connectivity index (χ2n) is 11.4.